The van der Waals surface area contributed by atoms with Gasteiger partial charge in [0.25, 0.3) is 5.82 Å². The molecular formula is C12H13N4S+. The smallest absolute Gasteiger partial charge is 0.108 e. The summed E-state index contributed by atoms with van der Waals surface area (Å²) in [5.74, 6) is 1.81. The molecule has 1 aromatic heterocycles. The van der Waals surface area contributed by atoms with Gasteiger partial charge in [0.2, 0.25) is 0 Å². The molecule has 1 aliphatic heterocycles. The van der Waals surface area contributed by atoms with Gasteiger partial charge in [-0.15, -0.1) is 9.78 Å². The predicted molar refractivity (Wildman–Crippen MR) is 67.2 cm³/mol. The fraction of sp³-hybridized carbons (Fsp3) is 0.250. The molecule has 4 nitrogen and oxygen atoms in total. The van der Waals surface area contributed by atoms with Crippen molar-refractivity contribution in [1.82, 2.24) is 9.78 Å². The number of thioether (sulfide) groups is 1. The zero-order valence-corrected chi connectivity index (χ0v) is 10.6. The van der Waals surface area contributed by atoms with E-state index in [1.54, 1.807) is 11.8 Å². The number of aryl methyl sites for hydroxylation is 2. The lowest BCUT2D eigenvalue weighted by molar-refractivity contribution is -0.723. The number of rotatable bonds is 1. The van der Waals surface area contributed by atoms with E-state index in [4.69, 9.17) is 0 Å². The molecule has 0 spiro atoms. The van der Waals surface area contributed by atoms with Gasteiger partial charge in [0.05, 0.1) is 18.5 Å². The summed E-state index contributed by atoms with van der Waals surface area (Å²) in [5.41, 5.74) is 2.28. The maximum Gasteiger partial charge on any atom is 0.320 e. The van der Waals surface area contributed by atoms with Crippen LogP contribution in [-0.4, -0.2) is 21.2 Å². The monoisotopic (exact) mass is 245 g/mol. The van der Waals surface area contributed by atoms with Crippen LogP contribution in [-0.2, 0) is 7.05 Å². The van der Waals surface area contributed by atoms with Gasteiger partial charge in [-0.25, -0.2) is 0 Å². The van der Waals surface area contributed by atoms with Gasteiger partial charge in [-0.3, -0.25) is 0 Å². The first-order chi connectivity index (χ1) is 8.25. The minimum Gasteiger partial charge on any atom is -0.108 e. The van der Waals surface area contributed by atoms with Gasteiger partial charge in [-0.1, -0.05) is 35.0 Å². The molecule has 0 bridgehead atoms. The second-order valence-electron chi connectivity index (χ2n) is 3.97. The first-order valence-corrected chi connectivity index (χ1v) is 6.46. The van der Waals surface area contributed by atoms with Crippen molar-refractivity contribution in [2.24, 2.45) is 12.1 Å². The second-order valence-corrected chi connectivity index (χ2v) is 4.91. The first-order valence-electron chi connectivity index (χ1n) is 5.47. The Labute approximate surface area is 104 Å². The molecule has 2 aromatic rings. The molecule has 1 aliphatic rings. The van der Waals surface area contributed by atoms with Crippen LogP contribution in [0.25, 0.3) is 0 Å². The van der Waals surface area contributed by atoms with Gasteiger partial charge in [0, 0.05) is 12.0 Å². The van der Waals surface area contributed by atoms with E-state index in [1.807, 2.05) is 41.5 Å². The highest BCUT2D eigenvalue weighted by Gasteiger charge is 2.26. The van der Waals surface area contributed by atoms with Crippen molar-refractivity contribution in [3.63, 3.8) is 0 Å². The zero-order valence-electron chi connectivity index (χ0n) is 9.79. The van der Waals surface area contributed by atoms with Crippen LogP contribution in [0.2, 0.25) is 0 Å². The van der Waals surface area contributed by atoms with E-state index in [2.05, 4.69) is 22.3 Å². The third-order valence-electron chi connectivity index (χ3n) is 2.72. The van der Waals surface area contributed by atoms with E-state index in [0.29, 0.717) is 0 Å². The molecule has 0 radical (unpaired) electrons. The highest BCUT2D eigenvalue weighted by atomic mass is 32.2. The molecule has 0 unspecified atom stereocenters. The molecule has 0 atom stereocenters. The largest absolute Gasteiger partial charge is 0.320 e. The molecule has 0 saturated heterocycles. The molecule has 0 fully saturated rings. The lowest BCUT2D eigenvalue weighted by atomic mass is 10.1. The number of hydrogen-bond donors (Lipinski definition) is 0. The third kappa shape index (κ3) is 1.76. The molecule has 2 heterocycles. The van der Waals surface area contributed by atoms with Gasteiger partial charge in [0.1, 0.15) is 0 Å². The summed E-state index contributed by atoms with van der Waals surface area (Å²) < 4.78 is 3.79. The quantitative estimate of drug-likeness (QED) is 0.711. The Kier molecular flexibility index (Phi) is 2.48. The summed E-state index contributed by atoms with van der Waals surface area (Å²) in [5, 5.41) is 10.1. The van der Waals surface area contributed by atoms with Crippen molar-refractivity contribution in [3.8, 4) is 0 Å². The molecule has 0 N–H and O–H groups in total. The Morgan fingerprint density at radius 3 is 2.82 bits per heavy atom. The number of benzene rings is 1. The summed E-state index contributed by atoms with van der Waals surface area (Å²) in [6, 6.07) is 10.3. The van der Waals surface area contributed by atoms with Crippen LogP contribution in [0.1, 0.15) is 11.4 Å². The van der Waals surface area contributed by atoms with Crippen molar-refractivity contribution in [2.45, 2.75) is 12.1 Å². The summed E-state index contributed by atoms with van der Waals surface area (Å²) in [4.78, 5) is 0. The normalized spacial score (nSPS) is 14.4. The third-order valence-corrected chi connectivity index (χ3v) is 3.84. The highest BCUT2D eigenvalue weighted by Crippen LogP contribution is 2.19. The van der Waals surface area contributed by atoms with Crippen LogP contribution in [0.15, 0.2) is 40.6 Å². The van der Waals surface area contributed by atoms with Gasteiger partial charge >= 0.3 is 5.16 Å². The average molecular weight is 245 g/mol. The molecule has 1 aromatic carbocycles. The van der Waals surface area contributed by atoms with Crippen LogP contribution in [0.3, 0.4) is 0 Å². The maximum absolute atomic E-state index is 4.67. The van der Waals surface area contributed by atoms with E-state index in [1.165, 1.54) is 5.56 Å². The Hall–Kier alpha value is -1.62. The lowest BCUT2D eigenvalue weighted by Crippen LogP contribution is -2.37. The van der Waals surface area contributed by atoms with E-state index < -0.39 is 0 Å². The molecular weight excluding hydrogens is 232 g/mol. The highest BCUT2D eigenvalue weighted by molar-refractivity contribution is 7.99. The van der Waals surface area contributed by atoms with Crippen molar-refractivity contribution in [3.05, 3.63) is 41.7 Å². The standard InChI is InChI=1S/C12H13N4S/c1-9-13-15(2)12-16(9)14-11(8-17-12)10-6-4-3-5-7-10/h3-7H,8H2,1-2H3/q+1. The Bertz CT molecular complexity index is 586. The van der Waals surface area contributed by atoms with Crippen molar-refractivity contribution in [1.29, 1.82) is 0 Å². The summed E-state index contributed by atoms with van der Waals surface area (Å²) in [6.45, 7) is 1.97. The Morgan fingerprint density at radius 2 is 2.06 bits per heavy atom. The van der Waals surface area contributed by atoms with E-state index in [0.717, 1.165) is 22.4 Å². The van der Waals surface area contributed by atoms with Crippen LogP contribution in [0.4, 0.5) is 0 Å². The van der Waals surface area contributed by atoms with Gasteiger partial charge in [-0.2, -0.15) is 0 Å². The van der Waals surface area contributed by atoms with Crippen molar-refractivity contribution >= 4 is 17.5 Å². The number of nitrogens with zero attached hydrogens (tertiary/aromatic N) is 4. The molecule has 0 saturated carbocycles. The Balaban J connectivity index is 2.09. The van der Waals surface area contributed by atoms with Crippen LogP contribution >= 0.6 is 11.8 Å². The minimum atomic E-state index is 0.892. The van der Waals surface area contributed by atoms with Crippen LogP contribution in [0.5, 0.6) is 0 Å². The molecule has 3 rings (SSSR count). The molecule has 0 amide bonds. The lowest BCUT2D eigenvalue weighted by Gasteiger charge is -2.09. The number of hydrogen-bond acceptors (Lipinski definition) is 3. The number of fused-ring (bicyclic) bond motifs is 1. The van der Waals surface area contributed by atoms with Gasteiger partial charge in [-0.05, 0) is 17.3 Å². The maximum atomic E-state index is 4.67. The molecule has 0 aliphatic carbocycles. The minimum absolute atomic E-state index is 0.892. The fourth-order valence-electron chi connectivity index (χ4n) is 1.90. The van der Waals surface area contributed by atoms with Crippen molar-refractivity contribution < 1.29 is 4.68 Å². The second kappa shape index (κ2) is 4.00. The van der Waals surface area contributed by atoms with E-state index >= 15 is 0 Å². The summed E-state index contributed by atoms with van der Waals surface area (Å²) in [7, 11) is 1.95. The van der Waals surface area contributed by atoms with Crippen LogP contribution in [0, 0.1) is 6.92 Å². The fourth-order valence-corrected chi connectivity index (χ4v) is 2.91. The average Bonchev–Trinajstić information content (AvgIpc) is 2.66. The SMILES string of the molecule is Cc1nn(C)c2[n+]1N=C(c1ccccc1)CS2. The van der Waals surface area contributed by atoms with Crippen LogP contribution < -0.4 is 4.68 Å². The zero-order chi connectivity index (χ0) is 11.8. The predicted octanol–water partition coefficient (Wildman–Crippen LogP) is 1.37. The molecule has 86 valence electrons. The summed E-state index contributed by atoms with van der Waals surface area (Å²) >= 11 is 1.77. The van der Waals surface area contributed by atoms with E-state index in [-0.39, 0.29) is 0 Å². The van der Waals surface area contributed by atoms with Gasteiger partial charge < -0.3 is 0 Å². The van der Waals surface area contributed by atoms with Crippen molar-refractivity contribution in [2.75, 3.05) is 5.75 Å². The number of aromatic nitrogens is 3. The summed E-state index contributed by atoms with van der Waals surface area (Å²) in [6.07, 6.45) is 0. The Morgan fingerprint density at radius 1 is 1.29 bits per heavy atom. The topological polar surface area (TPSA) is 34.1 Å². The first kappa shape index (κ1) is 10.5. The molecule has 5 heteroatoms. The van der Waals surface area contributed by atoms with Gasteiger partial charge in [0.15, 0.2) is 0 Å². The molecule has 17 heavy (non-hydrogen) atoms. The van der Waals surface area contributed by atoms with E-state index in [9.17, 15) is 0 Å².